The molecule has 0 N–H and O–H groups in total. The molecule has 1 aromatic carbocycles. The molecule has 0 aliphatic heterocycles. The van der Waals surface area contributed by atoms with Crippen molar-refractivity contribution in [1.29, 1.82) is 0 Å². The maximum Gasteiger partial charge on any atom is 0.257 e. The molecule has 0 saturated heterocycles. The lowest BCUT2D eigenvalue weighted by molar-refractivity contribution is 0.0719. The number of carbonyl (C=O) groups is 1. The number of hydrogen-bond donors (Lipinski definition) is 0. The van der Waals surface area contributed by atoms with Crippen LogP contribution in [0.1, 0.15) is 29.0 Å². The fourth-order valence-electron chi connectivity index (χ4n) is 2.28. The zero-order valence-electron chi connectivity index (χ0n) is 11.6. The zero-order chi connectivity index (χ0) is 15.0. The lowest BCUT2D eigenvalue weighted by Gasteiger charge is -2.22. The van der Waals surface area contributed by atoms with Crippen LogP contribution >= 0.6 is 15.9 Å². The first-order valence-electron chi connectivity index (χ1n) is 6.79. The molecular formula is C15H15BrFN3O. The van der Waals surface area contributed by atoms with Gasteiger partial charge in [0.15, 0.2) is 0 Å². The minimum Gasteiger partial charge on any atom is -0.337 e. The predicted octanol–water partition coefficient (Wildman–Crippen LogP) is 3.13. The molecule has 4 nitrogen and oxygen atoms in total. The van der Waals surface area contributed by atoms with Crippen LogP contribution in [0.5, 0.6) is 0 Å². The Bertz CT molecular complexity index is 681. The summed E-state index contributed by atoms with van der Waals surface area (Å²) < 4.78 is 16.3. The Kier molecular flexibility index (Phi) is 3.80. The Balaban J connectivity index is 1.89. The number of hydrogen-bond acceptors (Lipinski definition) is 2. The van der Waals surface area contributed by atoms with E-state index in [4.69, 9.17) is 0 Å². The molecule has 1 aromatic heterocycles. The van der Waals surface area contributed by atoms with Gasteiger partial charge >= 0.3 is 0 Å². The summed E-state index contributed by atoms with van der Waals surface area (Å²) in [5.41, 5.74) is 0.102. The maximum atomic E-state index is 14.1. The smallest absolute Gasteiger partial charge is 0.257 e. The number of aromatic nitrogens is 2. The topological polar surface area (TPSA) is 38.1 Å². The third-order valence-electron chi connectivity index (χ3n) is 3.66. The molecule has 0 atom stereocenters. The lowest BCUT2D eigenvalue weighted by atomic mass is 10.2. The summed E-state index contributed by atoms with van der Waals surface area (Å²) in [4.78, 5) is 18.6. The van der Waals surface area contributed by atoms with Crippen LogP contribution < -0.4 is 0 Å². The van der Waals surface area contributed by atoms with Crippen molar-refractivity contribution in [2.45, 2.75) is 25.4 Å². The van der Waals surface area contributed by atoms with Gasteiger partial charge in [0, 0.05) is 25.5 Å². The highest BCUT2D eigenvalue weighted by Gasteiger charge is 2.34. The normalized spacial score (nSPS) is 14.2. The fourth-order valence-corrected chi connectivity index (χ4v) is 2.64. The van der Waals surface area contributed by atoms with Gasteiger partial charge in [-0.05, 0) is 40.9 Å². The number of nitrogens with zero attached hydrogens (tertiary/aromatic N) is 3. The van der Waals surface area contributed by atoms with Crippen molar-refractivity contribution < 1.29 is 9.18 Å². The summed E-state index contributed by atoms with van der Waals surface area (Å²) in [5.74, 6) is 0.0120. The van der Waals surface area contributed by atoms with Gasteiger partial charge in [-0.1, -0.05) is 6.07 Å². The van der Waals surface area contributed by atoms with Crippen LogP contribution in [0.15, 0.2) is 35.1 Å². The molecule has 1 heterocycles. The second kappa shape index (κ2) is 5.60. The molecule has 1 aliphatic carbocycles. The van der Waals surface area contributed by atoms with Crippen molar-refractivity contribution in [2.24, 2.45) is 7.05 Å². The molecular weight excluding hydrogens is 337 g/mol. The number of imidazole rings is 1. The van der Waals surface area contributed by atoms with Gasteiger partial charge in [0.05, 0.1) is 16.6 Å². The molecule has 6 heteroatoms. The minimum atomic E-state index is -0.506. The van der Waals surface area contributed by atoms with E-state index in [-0.39, 0.29) is 17.5 Å². The van der Waals surface area contributed by atoms with E-state index in [9.17, 15) is 9.18 Å². The highest BCUT2D eigenvalue weighted by molar-refractivity contribution is 9.10. The SMILES string of the molecule is Cn1ccnc1CN(C(=O)c1cccc(Br)c1F)C1CC1. The summed E-state index contributed by atoms with van der Waals surface area (Å²) in [6.07, 6.45) is 5.47. The maximum absolute atomic E-state index is 14.1. The molecule has 0 spiro atoms. The summed E-state index contributed by atoms with van der Waals surface area (Å²) >= 11 is 3.13. The zero-order valence-corrected chi connectivity index (χ0v) is 13.2. The van der Waals surface area contributed by atoms with Crippen molar-refractivity contribution in [3.63, 3.8) is 0 Å². The largest absolute Gasteiger partial charge is 0.337 e. The Hall–Kier alpha value is -1.69. The van der Waals surface area contributed by atoms with Gasteiger partial charge in [-0.2, -0.15) is 0 Å². The van der Waals surface area contributed by atoms with Crippen LogP contribution in [0.4, 0.5) is 4.39 Å². The van der Waals surface area contributed by atoms with Crippen molar-refractivity contribution in [3.8, 4) is 0 Å². The predicted molar refractivity (Wildman–Crippen MR) is 80.2 cm³/mol. The summed E-state index contributed by atoms with van der Waals surface area (Å²) in [6.45, 7) is 0.402. The van der Waals surface area contributed by atoms with E-state index in [1.54, 1.807) is 23.2 Å². The summed E-state index contributed by atoms with van der Waals surface area (Å²) in [5, 5.41) is 0. The Labute approximate surface area is 130 Å². The highest BCUT2D eigenvalue weighted by Crippen LogP contribution is 2.30. The Morgan fingerprint density at radius 1 is 1.52 bits per heavy atom. The Morgan fingerprint density at radius 3 is 2.90 bits per heavy atom. The molecule has 0 bridgehead atoms. The number of carbonyl (C=O) groups excluding carboxylic acids is 1. The van der Waals surface area contributed by atoms with Crippen LogP contribution in [0, 0.1) is 5.82 Å². The van der Waals surface area contributed by atoms with E-state index in [0.717, 1.165) is 18.7 Å². The van der Waals surface area contributed by atoms with Gasteiger partial charge in [0.25, 0.3) is 5.91 Å². The van der Waals surface area contributed by atoms with Gasteiger partial charge in [-0.15, -0.1) is 0 Å². The molecule has 21 heavy (non-hydrogen) atoms. The molecule has 1 saturated carbocycles. The standard InChI is InChI=1S/C15H15BrFN3O/c1-19-8-7-18-13(19)9-20(10-5-6-10)15(21)11-3-2-4-12(16)14(11)17/h2-4,7-8,10H,5-6,9H2,1H3. The van der Waals surface area contributed by atoms with Gasteiger partial charge in [-0.25, -0.2) is 9.37 Å². The molecule has 2 aromatic rings. The van der Waals surface area contributed by atoms with Crippen LogP contribution in [0.3, 0.4) is 0 Å². The van der Waals surface area contributed by atoms with Crippen LogP contribution in [0.2, 0.25) is 0 Å². The van der Waals surface area contributed by atoms with Crippen molar-refractivity contribution in [3.05, 3.63) is 52.3 Å². The first kappa shape index (κ1) is 14.3. The van der Waals surface area contributed by atoms with E-state index >= 15 is 0 Å². The van der Waals surface area contributed by atoms with Crippen LogP contribution in [-0.4, -0.2) is 26.4 Å². The van der Waals surface area contributed by atoms with E-state index in [1.165, 1.54) is 6.07 Å². The number of rotatable bonds is 4. The average molecular weight is 352 g/mol. The lowest BCUT2D eigenvalue weighted by Crippen LogP contribution is -2.34. The first-order valence-corrected chi connectivity index (χ1v) is 7.58. The highest BCUT2D eigenvalue weighted by atomic mass is 79.9. The van der Waals surface area contributed by atoms with E-state index in [0.29, 0.717) is 11.0 Å². The van der Waals surface area contributed by atoms with E-state index in [1.807, 2.05) is 17.8 Å². The molecule has 3 rings (SSSR count). The number of amides is 1. The average Bonchev–Trinajstić information content (AvgIpc) is 3.22. The minimum absolute atomic E-state index is 0.102. The number of halogens is 2. The summed E-state index contributed by atoms with van der Waals surface area (Å²) in [6, 6.07) is 4.97. The molecule has 1 amide bonds. The number of benzene rings is 1. The number of aryl methyl sites for hydroxylation is 1. The van der Waals surface area contributed by atoms with E-state index in [2.05, 4.69) is 20.9 Å². The van der Waals surface area contributed by atoms with Crippen LogP contribution in [-0.2, 0) is 13.6 Å². The Morgan fingerprint density at radius 2 is 2.29 bits per heavy atom. The fraction of sp³-hybridized carbons (Fsp3) is 0.333. The van der Waals surface area contributed by atoms with Crippen molar-refractivity contribution in [1.82, 2.24) is 14.5 Å². The summed E-state index contributed by atoms with van der Waals surface area (Å²) in [7, 11) is 1.89. The van der Waals surface area contributed by atoms with E-state index < -0.39 is 5.82 Å². The molecule has 110 valence electrons. The monoisotopic (exact) mass is 351 g/mol. The van der Waals surface area contributed by atoms with Crippen LogP contribution in [0.25, 0.3) is 0 Å². The van der Waals surface area contributed by atoms with Crippen molar-refractivity contribution in [2.75, 3.05) is 0 Å². The van der Waals surface area contributed by atoms with Gasteiger partial charge in [-0.3, -0.25) is 4.79 Å². The van der Waals surface area contributed by atoms with Gasteiger partial charge in [0.2, 0.25) is 0 Å². The molecule has 0 unspecified atom stereocenters. The van der Waals surface area contributed by atoms with Gasteiger partial charge in [0.1, 0.15) is 11.6 Å². The first-order chi connectivity index (χ1) is 10.1. The molecule has 1 aliphatic rings. The molecule has 0 radical (unpaired) electrons. The quantitative estimate of drug-likeness (QED) is 0.848. The molecule has 1 fully saturated rings. The third-order valence-corrected chi connectivity index (χ3v) is 4.28. The second-order valence-electron chi connectivity index (χ2n) is 5.22. The second-order valence-corrected chi connectivity index (χ2v) is 6.07. The van der Waals surface area contributed by atoms with Crippen molar-refractivity contribution >= 4 is 21.8 Å². The third kappa shape index (κ3) is 2.85. The van der Waals surface area contributed by atoms with Gasteiger partial charge < -0.3 is 9.47 Å².